The summed E-state index contributed by atoms with van der Waals surface area (Å²) in [4.78, 5) is 19.6. The third kappa shape index (κ3) is 4.47. The summed E-state index contributed by atoms with van der Waals surface area (Å²) in [6, 6.07) is 3.30. The summed E-state index contributed by atoms with van der Waals surface area (Å²) in [6.07, 6.45) is -1.81. The first kappa shape index (κ1) is 20.6. The van der Waals surface area contributed by atoms with Crippen molar-refractivity contribution in [2.75, 3.05) is 6.54 Å². The Labute approximate surface area is 162 Å². The molecule has 0 bridgehead atoms. The van der Waals surface area contributed by atoms with E-state index in [4.69, 9.17) is 8.94 Å². The van der Waals surface area contributed by atoms with Gasteiger partial charge in [-0.05, 0) is 12.1 Å². The minimum atomic E-state index is -4.96. The van der Waals surface area contributed by atoms with E-state index < -0.39 is 36.5 Å². The fraction of sp³-hybridized carbons (Fsp3) is 0.412. The van der Waals surface area contributed by atoms with Crippen molar-refractivity contribution in [2.24, 2.45) is 7.05 Å². The predicted molar refractivity (Wildman–Crippen MR) is 91.1 cm³/mol. The molecule has 2 N–H and O–H groups in total. The number of halogens is 3. The third-order valence-corrected chi connectivity index (χ3v) is 4.24. The van der Waals surface area contributed by atoms with E-state index in [2.05, 4.69) is 20.4 Å². The maximum absolute atomic E-state index is 13.4. The highest BCUT2D eigenvalue weighted by molar-refractivity contribution is 5.76. The minimum Gasteiger partial charge on any atom is -0.461 e. The Morgan fingerprint density at radius 3 is 2.79 bits per heavy atom. The van der Waals surface area contributed by atoms with Crippen LogP contribution in [0.3, 0.4) is 0 Å². The van der Waals surface area contributed by atoms with Gasteiger partial charge in [-0.2, -0.15) is 18.2 Å². The number of alkyl halides is 3. The predicted octanol–water partition coefficient (Wildman–Crippen LogP) is 1.95. The second-order valence-electron chi connectivity index (χ2n) is 6.31. The van der Waals surface area contributed by atoms with Gasteiger partial charge in [-0.15, -0.1) is 0 Å². The van der Waals surface area contributed by atoms with E-state index in [1.165, 1.54) is 19.5 Å². The molecule has 0 aliphatic heterocycles. The van der Waals surface area contributed by atoms with Gasteiger partial charge in [-0.1, -0.05) is 5.16 Å². The molecular weight excluding hydrogens is 395 g/mol. The second kappa shape index (κ2) is 8.07. The smallest absolute Gasteiger partial charge is 0.424 e. The van der Waals surface area contributed by atoms with Crippen LogP contribution in [0.4, 0.5) is 13.2 Å². The van der Waals surface area contributed by atoms with Gasteiger partial charge in [-0.25, -0.2) is 4.98 Å². The van der Waals surface area contributed by atoms with E-state index in [0.29, 0.717) is 5.76 Å². The first-order chi connectivity index (χ1) is 13.7. The maximum Gasteiger partial charge on any atom is 0.424 e. The Morgan fingerprint density at radius 2 is 2.17 bits per heavy atom. The highest BCUT2D eigenvalue weighted by Gasteiger charge is 2.57. The van der Waals surface area contributed by atoms with E-state index >= 15 is 0 Å². The number of hydrogen-bond acceptors (Lipinski definition) is 7. The molecular formula is C17H18F3N5O4. The number of amides is 1. The second-order valence-corrected chi connectivity index (χ2v) is 6.31. The molecule has 3 aromatic rings. The Morgan fingerprint density at radius 1 is 1.38 bits per heavy atom. The van der Waals surface area contributed by atoms with Crippen molar-refractivity contribution in [3.05, 3.63) is 42.5 Å². The van der Waals surface area contributed by atoms with Gasteiger partial charge in [0.05, 0.1) is 6.26 Å². The molecule has 0 fully saturated rings. The van der Waals surface area contributed by atoms with Crippen LogP contribution in [0.15, 0.2) is 39.7 Å². The average Bonchev–Trinajstić information content (AvgIpc) is 3.40. The molecule has 0 saturated heterocycles. The van der Waals surface area contributed by atoms with Crippen molar-refractivity contribution in [2.45, 2.75) is 31.0 Å². The molecule has 1 unspecified atom stereocenters. The van der Waals surface area contributed by atoms with Crippen LogP contribution >= 0.6 is 0 Å². The summed E-state index contributed by atoms with van der Waals surface area (Å²) in [6.45, 7) is -0.400. The van der Waals surface area contributed by atoms with Gasteiger partial charge in [0.15, 0.2) is 5.76 Å². The molecule has 0 radical (unpaired) electrons. The quantitative estimate of drug-likeness (QED) is 0.579. The van der Waals surface area contributed by atoms with Crippen LogP contribution in [0, 0.1) is 0 Å². The van der Waals surface area contributed by atoms with E-state index in [9.17, 15) is 23.1 Å². The molecule has 3 heterocycles. The minimum absolute atomic E-state index is 0.0767. The van der Waals surface area contributed by atoms with Gasteiger partial charge in [0.2, 0.25) is 23.2 Å². The molecule has 1 atom stereocenters. The number of furan rings is 1. The highest BCUT2D eigenvalue weighted by Crippen LogP contribution is 2.40. The largest absolute Gasteiger partial charge is 0.461 e. The number of rotatable bonds is 8. The number of carbonyl (C=O) groups is 1. The summed E-state index contributed by atoms with van der Waals surface area (Å²) in [5, 5.41) is 16.3. The van der Waals surface area contributed by atoms with Crippen molar-refractivity contribution in [3.8, 4) is 11.6 Å². The van der Waals surface area contributed by atoms with Gasteiger partial charge in [0.1, 0.15) is 5.82 Å². The van der Waals surface area contributed by atoms with Crippen molar-refractivity contribution < 1.29 is 32.0 Å². The van der Waals surface area contributed by atoms with Gasteiger partial charge in [0, 0.05) is 45.2 Å². The zero-order valence-electron chi connectivity index (χ0n) is 15.3. The van der Waals surface area contributed by atoms with Gasteiger partial charge >= 0.3 is 6.18 Å². The van der Waals surface area contributed by atoms with Crippen LogP contribution in [0.25, 0.3) is 11.6 Å². The van der Waals surface area contributed by atoms with Crippen molar-refractivity contribution in [1.82, 2.24) is 25.0 Å². The lowest BCUT2D eigenvalue weighted by molar-refractivity contribution is -0.272. The van der Waals surface area contributed by atoms with Crippen LogP contribution in [-0.4, -0.2) is 43.4 Å². The van der Waals surface area contributed by atoms with Crippen molar-refractivity contribution in [1.29, 1.82) is 0 Å². The fourth-order valence-corrected chi connectivity index (χ4v) is 2.70. The Hall–Kier alpha value is -3.15. The topological polar surface area (TPSA) is 119 Å². The molecule has 9 nitrogen and oxygen atoms in total. The zero-order chi connectivity index (χ0) is 21.1. The SMILES string of the molecule is Cn1ccnc1C(O)(CCNC(=O)CCc1nc(-c2ccco2)no1)C(F)(F)F. The summed E-state index contributed by atoms with van der Waals surface area (Å²) < 4.78 is 51.4. The Bertz CT molecular complexity index is 951. The lowest BCUT2D eigenvalue weighted by Crippen LogP contribution is -2.46. The molecule has 0 spiro atoms. The fourth-order valence-electron chi connectivity index (χ4n) is 2.70. The number of aromatic nitrogens is 4. The van der Waals surface area contributed by atoms with Crippen LogP contribution in [0.1, 0.15) is 24.6 Å². The third-order valence-electron chi connectivity index (χ3n) is 4.24. The lowest BCUT2D eigenvalue weighted by Gasteiger charge is -2.29. The summed E-state index contributed by atoms with van der Waals surface area (Å²) in [5.74, 6) is -0.241. The number of nitrogens with zero attached hydrogens (tertiary/aromatic N) is 4. The zero-order valence-corrected chi connectivity index (χ0v) is 15.3. The van der Waals surface area contributed by atoms with Crippen LogP contribution < -0.4 is 5.32 Å². The molecule has 0 aliphatic carbocycles. The standard InChI is InChI=1S/C17H18F3N5O4/c1-25-9-8-22-15(25)16(27,17(18,19)20)6-7-21-12(26)4-5-13-23-14(24-29-13)11-3-2-10-28-11/h2-3,8-10,27H,4-7H2,1H3,(H,21,26). The van der Waals surface area contributed by atoms with Crippen molar-refractivity contribution in [3.63, 3.8) is 0 Å². The Balaban J connectivity index is 1.52. The molecule has 3 rings (SSSR count). The normalized spacial score (nSPS) is 14.0. The number of hydrogen-bond donors (Lipinski definition) is 2. The number of aryl methyl sites for hydroxylation is 2. The lowest BCUT2D eigenvalue weighted by atomic mass is 9.97. The van der Waals surface area contributed by atoms with Gasteiger partial charge in [-0.3, -0.25) is 4.79 Å². The van der Waals surface area contributed by atoms with Crippen molar-refractivity contribution >= 4 is 5.91 Å². The number of nitrogens with one attached hydrogen (secondary N) is 1. The summed E-state index contributed by atoms with van der Waals surface area (Å²) in [5.41, 5.74) is -3.18. The van der Waals surface area contributed by atoms with E-state index in [1.807, 2.05) is 0 Å². The van der Waals surface area contributed by atoms with E-state index in [0.717, 1.165) is 10.8 Å². The summed E-state index contributed by atoms with van der Waals surface area (Å²) in [7, 11) is 1.35. The van der Waals surface area contributed by atoms with Crippen LogP contribution in [0.5, 0.6) is 0 Å². The molecule has 0 saturated carbocycles. The van der Waals surface area contributed by atoms with Crippen LogP contribution in [0.2, 0.25) is 0 Å². The monoisotopic (exact) mass is 413 g/mol. The first-order valence-corrected chi connectivity index (χ1v) is 8.61. The highest BCUT2D eigenvalue weighted by atomic mass is 19.4. The molecule has 1 amide bonds. The maximum atomic E-state index is 13.4. The molecule has 12 heteroatoms. The molecule has 156 valence electrons. The molecule has 29 heavy (non-hydrogen) atoms. The number of carbonyl (C=O) groups excluding carboxylic acids is 1. The number of aliphatic hydroxyl groups is 1. The molecule has 0 aliphatic rings. The number of imidazole rings is 1. The Kier molecular flexibility index (Phi) is 5.73. The van der Waals surface area contributed by atoms with Gasteiger partial charge < -0.3 is 23.9 Å². The van der Waals surface area contributed by atoms with E-state index in [-0.39, 0.29) is 24.6 Å². The van der Waals surface area contributed by atoms with Crippen LogP contribution in [-0.2, 0) is 23.9 Å². The van der Waals surface area contributed by atoms with E-state index in [1.54, 1.807) is 12.1 Å². The van der Waals surface area contributed by atoms with Gasteiger partial charge in [0.25, 0.3) is 0 Å². The average molecular weight is 413 g/mol. The molecule has 3 aromatic heterocycles. The summed E-state index contributed by atoms with van der Waals surface area (Å²) >= 11 is 0. The first-order valence-electron chi connectivity index (χ1n) is 8.61. The molecule has 0 aromatic carbocycles.